The highest BCUT2D eigenvalue weighted by atomic mass is 16.4. The number of aromatic amines is 1. The second-order valence-corrected chi connectivity index (χ2v) is 6.90. The number of nitrogens with one attached hydrogen (secondary N) is 2. The fourth-order valence-electron chi connectivity index (χ4n) is 3.52. The molecule has 1 aliphatic carbocycles. The summed E-state index contributed by atoms with van der Waals surface area (Å²) in [6.07, 6.45) is 5.66. The minimum Gasteiger partial charge on any atom is -0.480 e. The van der Waals surface area contributed by atoms with E-state index in [0.29, 0.717) is 36.5 Å². The van der Waals surface area contributed by atoms with Crippen molar-refractivity contribution >= 4 is 29.1 Å². The van der Waals surface area contributed by atoms with Gasteiger partial charge < -0.3 is 15.3 Å². The Bertz CT molecular complexity index is 975. The molecule has 0 bridgehead atoms. The van der Waals surface area contributed by atoms with Gasteiger partial charge in [-0.25, -0.2) is 9.31 Å². The number of hydrogen-bond donors (Lipinski definition) is 3. The molecule has 5 rings (SSSR count). The van der Waals surface area contributed by atoms with E-state index in [4.69, 9.17) is 0 Å². The second-order valence-electron chi connectivity index (χ2n) is 6.90. The third-order valence-electron chi connectivity index (χ3n) is 5.04. The number of carbonyl (C=O) groups is 1. The highest BCUT2D eigenvalue weighted by molar-refractivity contribution is 5.79. The quantitative estimate of drug-likeness (QED) is 0.644. The minimum absolute atomic E-state index is 0.416. The van der Waals surface area contributed by atoms with Gasteiger partial charge in [0.15, 0.2) is 11.6 Å². The summed E-state index contributed by atoms with van der Waals surface area (Å²) in [5, 5.41) is 24.6. The van der Waals surface area contributed by atoms with Crippen LogP contribution in [0.1, 0.15) is 37.3 Å². The van der Waals surface area contributed by atoms with Crippen molar-refractivity contribution in [3.05, 3.63) is 30.1 Å². The molecule has 3 aromatic heterocycles. The maximum atomic E-state index is 11.5. The lowest BCUT2D eigenvalue weighted by molar-refractivity contribution is -0.138. The van der Waals surface area contributed by atoms with Crippen molar-refractivity contribution in [2.75, 3.05) is 16.8 Å². The molecular weight excluding hydrogens is 334 g/mol. The van der Waals surface area contributed by atoms with Gasteiger partial charge in [-0.2, -0.15) is 10.1 Å². The number of fused-ring (bicyclic) bond motifs is 1. The van der Waals surface area contributed by atoms with E-state index in [0.717, 1.165) is 17.6 Å². The molecule has 0 spiro atoms. The average molecular weight is 353 g/mol. The standard InChI is InChI=1S/C17H19N7O2/c25-16(26)13-4-1-7-23(13)17-19-15(12-3-2-8-24(12)22-17)18-14-9-11(20-21-14)10-5-6-10/h2-3,8-10,13H,1,4-7H2,(H,25,26)(H2,18,19,20,21,22). The van der Waals surface area contributed by atoms with Crippen LogP contribution >= 0.6 is 0 Å². The van der Waals surface area contributed by atoms with E-state index >= 15 is 0 Å². The number of anilines is 3. The second kappa shape index (κ2) is 5.72. The first-order valence-electron chi connectivity index (χ1n) is 8.86. The molecule has 2 fully saturated rings. The maximum absolute atomic E-state index is 11.5. The van der Waals surface area contributed by atoms with Crippen LogP contribution in [-0.2, 0) is 4.79 Å². The molecular formula is C17H19N7O2. The summed E-state index contributed by atoms with van der Waals surface area (Å²) < 4.78 is 1.72. The van der Waals surface area contributed by atoms with Gasteiger partial charge in [0.05, 0.1) is 0 Å². The Morgan fingerprint density at radius 1 is 1.35 bits per heavy atom. The summed E-state index contributed by atoms with van der Waals surface area (Å²) in [4.78, 5) is 17.9. The summed E-state index contributed by atoms with van der Waals surface area (Å²) in [6, 6.07) is 5.23. The number of carboxylic acids is 1. The molecule has 134 valence electrons. The fourth-order valence-corrected chi connectivity index (χ4v) is 3.52. The van der Waals surface area contributed by atoms with Gasteiger partial charge in [-0.3, -0.25) is 5.10 Å². The number of aliphatic carboxylic acids is 1. The minimum atomic E-state index is -0.838. The van der Waals surface area contributed by atoms with Crippen molar-refractivity contribution in [3.8, 4) is 0 Å². The Morgan fingerprint density at radius 3 is 3.04 bits per heavy atom. The van der Waals surface area contributed by atoms with Gasteiger partial charge in [0.1, 0.15) is 11.6 Å². The monoisotopic (exact) mass is 353 g/mol. The predicted octanol–water partition coefficient (Wildman–Crippen LogP) is 2.13. The molecule has 4 heterocycles. The molecule has 1 saturated heterocycles. The molecule has 26 heavy (non-hydrogen) atoms. The van der Waals surface area contributed by atoms with Crippen LogP contribution in [0.3, 0.4) is 0 Å². The highest BCUT2D eigenvalue weighted by Gasteiger charge is 2.33. The largest absolute Gasteiger partial charge is 0.480 e. The maximum Gasteiger partial charge on any atom is 0.326 e. The van der Waals surface area contributed by atoms with Crippen LogP contribution in [0, 0.1) is 0 Å². The van der Waals surface area contributed by atoms with Crippen LogP contribution in [-0.4, -0.2) is 48.5 Å². The van der Waals surface area contributed by atoms with Crippen molar-refractivity contribution in [1.82, 2.24) is 24.8 Å². The third-order valence-corrected chi connectivity index (χ3v) is 5.04. The Morgan fingerprint density at radius 2 is 2.23 bits per heavy atom. The highest BCUT2D eigenvalue weighted by Crippen LogP contribution is 2.39. The zero-order valence-electron chi connectivity index (χ0n) is 14.1. The summed E-state index contributed by atoms with van der Waals surface area (Å²) in [5.41, 5.74) is 1.95. The van der Waals surface area contributed by atoms with Crippen molar-refractivity contribution < 1.29 is 9.90 Å². The van der Waals surface area contributed by atoms with Gasteiger partial charge in [-0.05, 0) is 37.8 Å². The van der Waals surface area contributed by atoms with E-state index in [2.05, 4.69) is 25.6 Å². The molecule has 2 aliphatic rings. The van der Waals surface area contributed by atoms with Gasteiger partial charge >= 0.3 is 5.97 Å². The van der Waals surface area contributed by atoms with E-state index in [-0.39, 0.29) is 0 Å². The van der Waals surface area contributed by atoms with Crippen LogP contribution < -0.4 is 10.2 Å². The molecule has 1 aliphatic heterocycles. The first kappa shape index (κ1) is 15.2. The first-order chi connectivity index (χ1) is 12.7. The Kier molecular flexibility index (Phi) is 3.34. The molecule has 0 amide bonds. The van der Waals surface area contributed by atoms with Crippen molar-refractivity contribution in [3.63, 3.8) is 0 Å². The van der Waals surface area contributed by atoms with Gasteiger partial charge in [0.25, 0.3) is 0 Å². The first-order valence-corrected chi connectivity index (χ1v) is 8.86. The Hall–Kier alpha value is -3.10. The van der Waals surface area contributed by atoms with E-state index in [1.807, 2.05) is 24.4 Å². The summed E-state index contributed by atoms with van der Waals surface area (Å²) in [7, 11) is 0. The molecule has 9 nitrogen and oxygen atoms in total. The molecule has 1 unspecified atom stereocenters. The Balaban J connectivity index is 1.51. The molecule has 9 heteroatoms. The smallest absolute Gasteiger partial charge is 0.326 e. The zero-order valence-corrected chi connectivity index (χ0v) is 14.1. The van der Waals surface area contributed by atoms with Crippen molar-refractivity contribution in [1.29, 1.82) is 0 Å². The summed E-state index contributed by atoms with van der Waals surface area (Å²) in [5.74, 6) is 1.49. The molecule has 3 aromatic rings. The third kappa shape index (κ3) is 2.56. The summed E-state index contributed by atoms with van der Waals surface area (Å²) >= 11 is 0. The molecule has 0 radical (unpaired) electrons. The van der Waals surface area contributed by atoms with Crippen LogP contribution in [0.15, 0.2) is 24.4 Å². The fraction of sp³-hybridized carbons (Fsp3) is 0.412. The van der Waals surface area contributed by atoms with Gasteiger partial charge in [0.2, 0.25) is 5.95 Å². The predicted molar refractivity (Wildman–Crippen MR) is 94.8 cm³/mol. The van der Waals surface area contributed by atoms with Crippen molar-refractivity contribution in [2.45, 2.75) is 37.6 Å². The number of hydrogen-bond acceptors (Lipinski definition) is 6. The lowest BCUT2D eigenvalue weighted by atomic mass is 10.2. The zero-order chi connectivity index (χ0) is 17.7. The van der Waals surface area contributed by atoms with Gasteiger partial charge in [-0.15, -0.1) is 5.10 Å². The van der Waals surface area contributed by atoms with Crippen LogP contribution in [0.4, 0.5) is 17.6 Å². The van der Waals surface area contributed by atoms with Gasteiger partial charge in [0, 0.05) is 30.4 Å². The lowest BCUT2D eigenvalue weighted by Crippen LogP contribution is -2.37. The molecule has 3 N–H and O–H groups in total. The van der Waals surface area contributed by atoms with Crippen LogP contribution in [0.5, 0.6) is 0 Å². The van der Waals surface area contributed by atoms with Crippen molar-refractivity contribution in [2.24, 2.45) is 0 Å². The summed E-state index contributed by atoms with van der Waals surface area (Å²) in [6.45, 7) is 0.636. The van der Waals surface area contributed by atoms with E-state index in [1.54, 1.807) is 9.42 Å². The Labute approximate surface area is 149 Å². The SMILES string of the molecule is O=C(O)C1CCCN1c1nc(Nc2cc(C3CC3)[nH]n2)c2cccn2n1. The molecule has 1 atom stereocenters. The number of nitrogens with zero attached hydrogens (tertiary/aromatic N) is 5. The average Bonchev–Trinajstić information content (AvgIpc) is 3.06. The topological polar surface area (TPSA) is 111 Å². The number of aromatic nitrogens is 5. The van der Waals surface area contributed by atoms with Gasteiger partial charge in [-0.1, -0.05) is 0 Å². The van der Waals surface area contributed by atoms with E-state index in [9.17, 15) is 9.90 Å². The molecule has 1 saturated carbocycles. The molecule has 0 aromatic carbocycles. The number of rotatable bonds is 5. The van der Waals surface area contributed by atoms with Crippen LogP contribution in [0.2, 0.25) is 0 Å². The van der Waals surface area contributed by atoms with E-state index in [1.165, 1.54) is 12.8 Å². The van der Waals surface area contributed by atoms with E-state index < -0.39 is 12.0 Å². The number of carboxylic acid groups (broad SMARTS) is 1. The van der Waals surface area contributed by atoms with Crippen LogP contribution in [0.25, 0.3) is 5.52 Å². The lowest BCUT2D eigenvalue weighted by Gasteiger charge is -2.21. The number of H-pyrrole nitrogens is 1. The normalized spacial score (nSPS) is 20.0.